The number of likely N-dealkylation sites (tertiary alicyclic amines) is 1. The minimum Gasteiger partial charge on any atom is -0.334 e. The molecule has 1 aromatic rings. The fraction of sp³-hybridized carbons (Fsp3) is 0.611. The molecule has 1 saturated carbocycles. The van der Waals surface area contributed by atoms with E-state index in [1.54, 1.807) is 0 Å². The van der Waals surface area contributed by atoms with Gasteiger partial charge in [-0.1, -0.05) is 30.3 Å². The topological polar surface area (TPSA) is 35.6 Å². The molecular weight excluding hydrogens is 274 g/mol. The first-order valence-corrected chi connectivity index (χ1v) is 8.49. The van der Waals surface area contributed by atoms with E-state index in [0.717, 1.165) is 44.0 Å². The highest BCUT2D eigenvalue weighted by Gasteiger charge is 2.32. The van der Waals surface area contributed by atoms with Crippen molar-refractivity contribution in [3.8, 4) is 0 Å². The van der Waals surface area contributed by atoms with Gasteiger partial charge in [-0.25, -0.2) is 4.79 Å². The van der Waals surface area contributed by atoms with Crippen LogP contribution in [0, 0.1) is 5.92 Å². The molecule has 0 bridgehead atoms. The fourth-order valence-corrected chi connectivity index (χ4v) is 3.16. The van der Waals surface area contributed by atoms with Crippen LogP contribution in [0.15, 0.2) is 30.3 Å². The Hall–Kier alpha value is -1.55. The van der Waals surface area contributed by atoms with Crippen LogP contribution in [0.25, 0.3) is 0 Å². The minimum atomic E-state index is 0.116. The zero-order chi connectivity index (χ0) is 15.4. The predicted octanol–water partition coefficient (Wildman–Crippen LogP) is 2.70. The summed E-state index contributed by atoms with van der Waals surface area (Å²) in [5, 5.41) is 3.11. The van der Waals surface area contributed by atoms with Crippen molar-refractivity contribution in [2.75, 3.05) is 26.7 Å². The highest BCUT2D eigenvalue weighted by Crippen LogP contribution is 2.31. The number of amides is 2. The molecule has 0 unspecified atom stereocenters. The molecule has 22 heavy (non-hydrogen) atoms. The zero-order valence-electron chi connectivity index (χ0n) is 13.5. The summed E-state index contributed by atoms with van der Waals surface area (Å²) in [5.74, 6) is 0.738. The number of hydrogen-bond acceptors (Lipinski definition) is 2. The van der Waals surface area contributed by atoms with Crippen LogP contribution >= 0.6 is 0 Å². The van der Waals surface area contributed by atoms with E-state index in [4.69, 9.17) is 0 Å². The van der Waals surface area contributed by atoms with E-state index < -0.39 is 0 Å². The van der Waals surface area contributed by atoms with Gasteiger partial charge in [-0.3, -0.25) is 0 Å². The fourth-order valence-electron chi connectivity index (χ4n) is 3.16. The quantitative estimate of drug-likeness (QED) is 0.907. The summed E-state index contributed by atoms with van der Waals surface area (Å²) in [7, 11) is 2.16. The van der Waals surface area contributed by atoms with Crippen molar-refractivity contribution in [2.24, 2.45) is 5.92 Å². The molecule has 1 aliphatic heterocycles. The first kappa shape index (κ1) is 15.3. The lowest BCUT2D eigenvalue weighted by Gasteiger charge is -2.37. The standard InChI is InChI=1S/C18H27N3O/c1-20-11-9-17(10-12-20)21(14-16-7-8-16)18(22)19-13-15-5-3-2-4-6-15/h2-6,16-17H,7-14H2,1H3,(H,19,22). The van der Waals surface area contributed by atoms with Crippen LogP contribution in [0.3, 0.4) is 0 Å². The van der Waals surface area contributed by atoms with Gasteiger partial charge in [0.15, 0.2) is 0 Å². The summed E-state index contributed by atoms with van der Waals surface area (Å²) in [6.45, 7) is 3.75. The molecular formula is C18H27N3O. The van der Waals surface area contributed by atoms with Gasteiger partial charge in [0.2, 0.25) is 0 Å². The van der Waals surface area contributed by atoms with Crippen LogP contribution in [0.1, 0.15) is 31.2 Å². The van der Waals surface area contributed by atoms with E-state index in [9.17, 15) is 4.79 Å². The third kappa shape index (κ3) is 4.23. The molecule has 1 aromatic carbocycles. The maximum Gasteiger partial charge on any atom is 0.317 e. The smallest absolute Gasteiger partial charge is 0.317 e. The van der Waals surface area contributed by atoms with Gasteiger partial charge >= 0.3 is 6.03 Å². The highest BCUT2D eigenvalue weighted by molar-refractivity contribution is 5.74. The zero-order valence-corrected chi connectivity index (χ0v) is 13.5. The van der Waals surface area contributed by atoms with Crippen LogP contribution in [-0.4, -0.2) is 48.6 Å². The average Bonchev–Trinajstić information content (AvgIpc) is 3.36. The Morgan fingerprint density at radius 3 is 2.50 bits per heavy atom. The van der Waals surface area contributed by atoms with Crippen LogP contribution in [-0.2, 0) is 6.54 Å². The molecule has 1 heterocycles. The van der Waals surface area contributed by atoms with E-state index in [1.807, 2.05) is 18.2 Å². The SMILES string of the molecule is CN1CCC(N(CC2CC2)C(=O)NCc2ccccc2)CC1. The summed E-state index contributed by atoms with van der Waals surface area (Å²) in [6.07, 6.45) is 4.77. The van der Waals surface area contributed by atoms with Crippen molar-refractivity contribution in [3.05, 3.63) is 35.9 Å². The number of nitrogens with one attached hydrogen (secondary N) is 1. The van der Waals surface area contributed by atoms with Gasteiger partial charge in [-0.2, -0.15) is 0 Å². The van der Waals surface area contributed by atoms with Gasteiger partial charge in [0, 0.05) is 19.1 Å². The Bertz CT molecular complexity index is 478. The highest BCUT2D eigenvalue weighted by atomic mass is 16.2. The molecule has 4 heteroatoms. The minimum absolute atomic E-state index is 0.116. The Morgan fingerprint density at radius 2 is 1.86 bits per heavy atom. The molecule has 2 amide bonds. The predicted molar refractivity (Wildman–Crippen MR) is 88.6 cm³/mol. The van der Waals surface area contributed by atoms with Crippen molar-refractivity contribution < 1.29 is 4.79 Å². The van der Waals surface area contributed by atoms with Gasteiger partial charge in [0.25, 0.3) is 0 Å². The number of carbonyl (C=O) groups excluding carboxylic acids is 1. The van der Waals surface area contributed by atoms with Crippen molar-refractivity contribution in [1.29, 1.82) is 0 Å². The lowest BCUT2D eigenvalue weighted by molar-refractivity contribution is 0.128. The van der Waals surface area contributed by atoms with Gasteiger partial charge in [0.1, 0.15) is 0 Å². The van der Waals surface area contributed by atoms with Crippen molar-refractivity contribution in [2.45, 2.75) is 38.3 Å². The number of hydrogen-bond donors (Lipinski definition) is 1. The molecule has 1 N–H and O–H groups in total. The number of carbonyl (C=O) groups is 1. The van der Waals surface area contributed by atoms with Gasteiger partial charge in [0.05, 0.1) is 0 Å². The molecule has 120 valence electrons. The van der Waals surface area contributed by atoms with E-state index in [0.29, 0.717) is 12.6 Å². The summed E-state index contributed by atoms with van der Waals surface area (Å²) in [5.41, 5.74) is 1.16. The molecule has 4 nitrogen and oxygen atoms in total. The second-order valence-corrected chi connectivity index (χ2v) is 6.77. The Morgan fingerprint density at radius 1 is 1.18 bits per heavy atom. The second kappa shape index (κ2) is 7.14. The van der Waals surface area contributed by atoms with Crippen LogP contribution in [0.4, 0.5) is 4.79 Å². The maximum absolute atomic E-state index is 12.7. The molecule has 0 radical (unpaired) electrons. The van der Waals surface area contributed by atoms with Gasteiger partial charge in [-0.15, -0.1) is 0 Å². The number of piperidine rings is 1. The monoisotopic (exact) mass is 301 g/mol. The third-order valence-corrected chi connectivity index (χ3v) is 4.83. The Kier molecular flexibility index (Phi) is 4.98. The van der Waals surface area contributed by atoms with Crippen molar-refractivity contribution in [1.82, 2.24) is 15.1 Å². The Labute approximate surface area is 133 Å². The lowest BCUT2D eigenvalue weighted by Crippen LogP contribution is -2.50. The number of rotatable bonds is 5. The largest absolute Gasteiger partial charge is 0.334 e. The first-order chi connectivity index (χ1) is 10.7. The number of nitrogens with zero attached hydrogens (tertiary/aromatic N) is 2. The first-order valence-electron chi connectivity index (χ1n) is 8.49. The van der Waals surface area contributed by atoms with Gasteiger partial charge < -0.3 is 15.1 Å². The summed E-state index contributed by atoms with van der Waals surface area (Å²) < 4.78 is 0. The number of benzene rings is 1. The van der Waals surface area contributed by atoms with Crippen LogP contribution in [0.5, 0.6) is 0 Å². The van der Waals surface area contributed by atoms with Crippen LogP contribution in [0.2, 0.25) is 0 Å². The van der Waals surface area contributed by atoms with Crippen LogP contribution < -0.4 is 5.32 Å². The van der Waals surface area contributed by atoms with Gasteiger partial charge in [-0.05, 0) is 57.3 Å². The summed E-state index contributed by atoms with van der Waals surface area (Å²) in [4.78, 5) is 17.1. The molecule has 2 aliphatic rings. The van der Waals surface area contributed by atoms with Crippen molar-refractivity contribution >= 4 is 6.03 Å². The number of urea groups is 1. The normalized spacial score (nSPS) is 19.9. The molecule has 0 atom stereocenters. The summed E-state index contributed by atoms with van der Waals surface area (Å²) >= 11 is 0. The molecule has 3 rings (SSSR count). The van der Waals surface area contributed by atoms with E-state index >= 15 is 0 Å². The Balaban J connectivity index is 1.57. The van der Waals surface area contributed by atoms with E-state index in [-0.39, 0.29) is 6.03 Å². The third-order valence-electron chi connectivity index (χ3n) is 4.83. The van der Waals surface area contributed by atoms with E-state index in [2.05, 4.69) is 34.3 Å². The van der Waals surface area contributed by atoms with E-state index in [1.165, 1.54) is 12.8 Å². The molecule has 2 fully saturated rings. The molecule has 1 saturated heterocycles. The maximum atomic E-state index is 12.7. The molecule has 1 aliphatic carbocycles. The van der Waals surface area contributed by atoms with Crippen molar-refractivity contribution in [3.63, 3.8) is 0 Å². The molecule has 0 aromatic heterocycles. The average molecular weight is 301 g/mol. The molecule has 0 spiro atoms. The lowest BCUT2D eigenvalue weighted by atomic mass is 10.0. The second-order valence-electron chi connectivity index (χ2n) is 6.77. The summed E-state index contributed by atoms with van der Waals surface area (Å²) in [6, 6.07) is 10.7.